The molecule has 0 unspecified atom stereocenters. The zero-order valence-corrected chi connectivity index (χ0v) is 34.4. The highest BCUT2D eigenvalue weighted by molar-refractivity contribution is 7.13. The van der Waals surface area contributed by atoms with Gasteiger partial charge in [0, 0.05) is 69.9 Å². The van der Waals surface area contributed by atoms with Crippen molar-refractivity contribution in [3.8, 4) is 11.5 Å². The second-order valence-corrected chi connectivity index (χ2v) is 16.5. The van der Waals surface area contributed by atoms with Gasteiger partial charge in [-0.25, -0.2) is 0 Å². The van der Waals surface area contributed by atoms with E-state index in [-0.39, 0.29) is 47.8 Å². The van der Waals surface area contributed by atoms with E-state index >= 15 is 0 Å². The van der Waals surface area contributed by atoms with Gasteiger partial charge in [0.1, 0.15) is 17.3 Å². The van der Waals surface area contributed by atoms with Gasteiger partial charge in [-0.2, -0.15) is 4.37 Å². The number of benzene rings is 3. The van der Waals surface area contributed by atoms with Crippen LogP contribution in [-0.2, 0) is 31.9 Å². The van der Waals surface area contributed by atoms with Gasteiger partial charge in [0.2, 0.25) is 5.91 Å². The molecule has 2 saturated heterocycles. The van der Waals surface area contributed by atoms with Crippen LogP contribution in [0.2, 0.25) is 0 Å². The Kier molecular flexibility index (Phi) is 14.5. The van der Waals surface area contributed by atoms with Gasteiger partial charge >= 0.3 is 0 Å². The fourth-order valence-electron chi connectivity index (χ4n) is 8.16. The Balaban J connectivity index is 0.786. The zero-order chi connectivity index (χ0) is 40.3. The summed E-state index contributed by atoms with van der Waals surface area (Å²) >= 11 is 1.58. The summed E-state index contributed by atoms with van der Waals surface area (Å²) < 4.78 is 24.0. The lowest BCUT2D eigenvalue weighted by molar-refractivity contribution is -0.132. The standard InChI is InChI=1S/C44H58N6O7S/c1-2-3-19-49(23-18-45-29-37(52)34-11-12-36(51)41-42(34)56-30-39(53)46-41)40(54)15-26-55-25-14-33-8-6-7-32(28-33)13-20-48-21-16-44(17-22-48)31-50(24-27-57-44)43-35-9-4-5-10-38(35)58-47-43/h4-12,28,37,45,51-52H,2-3,13-27,29-31H2,1H3,(H,46,53)/t37-/m0/s1. The number of nitrogens with zero attached hydrogens (tertiary/aromatic N) is 4. The molecular formula is C44H58N6O7S. The van der Waals surface area contributed by atoms with Crippen LogP contribution in [0.5, 0.6) is 11.5 Å². The second-order valence-electron chi connectivity index (χ2n) is 15.6. The Morgan fingerprint density at radius 3 is 2.74 bits per heavy atom. The van der Waals surface area contributed by atoms with Gasteiger partial charge in [0.25, 0.3) is 5.91 Å². The van der Waals surface area contributed by atoms with Crippen LogP contribution in [0.15, 0.2) is 60.7 Å². The highest BCUT2D eigenvalue weighted by Crippen LogP contribution is 2.41. The maximum atomic E-state index is 13.2. The van der Waals surface area contributed by atoms with E-state index in [1.807, 2.05) is 4.90 Å². The van der Waals surface area contributed by atoms with Crippen molar-refractivity contribution in [1.82, 2.24) is 19.5 Å². The number of amides is 2. The predicted molar refractivity (Wildman–Crippen MR) is 227 cm³/mol. The number of phenols is 1. The number of ether oxygens (including phenoxy) is 3. The highest BCUT2D eigenvalue weighted by atomic mass is 32.1. The topological polar surface area (TPSA) is 149 Å². The van der Waals surface area contributed by atoms with Crippen molar-refractivity contribution < 1.29 is 34.0 Å². The minimum Gasteiger partial charge on any atom is -0.506 e. The summed E-state index contributed by atoms with van der Waals surface area (Å²) in [6.07, 6.45) is 5.14. The molecule has 4 aromatic rings. The molecule has 0 radical (unpaired) electrons. The second kappa shape index (κ2) is 20.1. The largest absolute Gasteiger partial charge is 0.506 e. The summed E-state index contributed by atoms with van der Waals surface area (Å²) in [6, 6.07) is 20.3. The number of aliphatic hydroxyl groups excluding tert-OH is 1. The number of aromatic nitrogens is 1. The highest BCUT2D eigenvalue weighted by Gasteiger charge is 2.40. The number of carbonyl (C=O) groups excluding carboxylic acids is 2. The van der Waals surface area contributed by atoms with Gasteiger partial charge in [-0.05, 0) is 79.0 Å². The molecule has 312 valence electrons. The maximum Gasteiger partial charge on any atom is 0.262 e. The first-order valence-electron chi connectivity index (χ1n) is 20.9. The van der Waals surface area contributed by atoms with E-state index in [9.17, 15) is 19.8 Å². The lowest BCUT2D eigenvalue weighted by atomic mass is 9.89. The summed E-state index contributed by atoms with van der Waals surface area (Å²) in [5.41, 5.74) is 3.12. The summed E-state index contributed by atoms with van der Waals surface area (Å²) in [5.74, 6) is 0.953. The zero-order valence-electron chi connectivity index (χ0n) is 33.6. The maximum absolute atomic E-state index is 13.2. The third-order valence-corrected chi connectivity index (χ3v) is 12.4. The number of nitrogens with one attached hydrogen (secondary N) is 2. The van der Waals surface area contributed by atoms with Crippen LogP contribution in [0.1, 0.15) is 61.8 Å². The van der Waals surface area contributed by atoms with Gasteiger partial charge in [-0.15, -0.1) is 0 Å². The number of hydrogen-bond donors (Lipinski definition) is 4. The van der Waals surface area contributed by atoms with Crippen LogP contribution < -0.4 is 20.3 Å². The number of carbonyl (C=O) groups is 2. The molecule has 14 heteroatoms. The average molecular weight is 815 g/mol. The number of fused-ring (bicyclic) bond motifs is 2. The molecule has 1 atom stereocenters. The van der Waals surface area contributed by atoms with Gasteiger partial charge in [-0.1, -0.05) is 49.7 Å². The van der Waals surface area contributed by atoms with Gasteiger partial charge in [-0.3, -0.25) is 9.59 Å². The van der Waals surface area contributed by atoms with E-state index in [0.29, 0.717) is 44.8 Å². The molecule has 58 heavy (non-hydrogen) atoms. The summed E-state index contributed by atoms with van der Waals surface area (Å²) in [7, 11) is 0. The number of piperidine rings is 1. The smallest absolute Gasteiger partial charge is 0.262 e. The van der Waals surface area contributed by atoms with E-state index in [4.69, 9.17) is 18.6 Å². The van der Waals surface area contributed by atoms with E-state index < -0.39 is 6.10 Å². The third-order valence-electron chi connectivity index (χ3n) is 11.5. The average Bonchev–Trinajstić information content (AvgIpc) is 3.68. The number of unbranched alkanes of at least 4 members (excludes halogenated alkanes) is 1. The molecule has 4 N–H and O–H groups in total. The van der Waals surface area contributed by atoms with Crippen molar-refractivity contribution >= 4 is 44.9 Å². The molecule has 13 nitrogen and oxygen atoms in total. The third kappa shape index (κ3) is 10.6. The first kappa shape index (κ1) is 41.8. The Morgan fingerprint density at radius 2 is 1.90 bits per heavy atom. The normalized spacial score (nSPS) is 17.2. The van der Waals surface area contributed by atoms with Crippen LogP contribution in [0.4, 0.5) is 11.5 Å². The molecule has 0 aliphatic carbocycles. The van der Waals surface area contributed by atoms with Crippen molar-refractivity contribution in [3.63, 3.8) is 0 Å². The first-order chi connectivity index (χ1) is 28.3. The molecule has 0 saturated carbocycles. The summed E-state index contributed by atoms with van der Waals surface area (Å²) in [5, 5.41) is 28.0. The SMILES string of the molecule is CCCCN(CCNC[C@H](O)c1ccc(O)c2c1OCC(=O)N2)C(=O)CCOCCc1cccc(CCN2CCC3(CC2)CN(c2nsc4ccccc24)CCO3)c1. The van der Waals surface area contributed by atoms with E-state index in [2.05, 4.69) is 75.9 Å². The Hall–Kier alpha value is -4.31. The Bertz CT molecular complexity index is 1980. The molecule has 2 amide bonds. The number of hydrogen-bond acceptors (Lipinski definition) is 12. The lowest BCUT2D eigenvalue weighted by Crippen LogP contribution is -2.57. The molecule has 3 aromatic carbocycles. The number of phenolic OH excluding ortho intramolecular Hbond substituents is 1. The van der Waals surface area contributed by atoms with E-state index in [0.717, 1.165) is 83.7 Å². The van der Waals surface area contributed by atoms with Gasteiger partial charge in [0.05, 0.1) is 42.6 Å². The van der Waals surface area contributed by atoms with Crippen LogP contribution >= 0.6 is 11.5 Å². The van der Waals surface area contributed by atoms with Crippen LogP contribution in [-0.4, -0.2) is 127 Å². The molecule has 0 bridgehead atoms. The Morgan fingerprint density at radius 1 is 1.07 bits per heavy atom. The molecule has 3 aliphatic heterocycles. The van der Waals surface area contributed by atoms with Crippen molar-refractivity contribution in [1.29, 1.82) is 0 Å². The molecule has 2 fully saturated rings. The van der Waals surface area contributed by atoms with E-state index in [1.165, 1.54) is 27.3 Å². The Labute approximate surface area is 345 Å². The van der Waals surface area contributed by atoms with Crippen molar-refractivity contribution in [2.24, 2.45) is 0 Å². The van der Waals surface area contributed by atoms with Crippen LogP contribution in [0.3, 0.4) is 0 Å². The van der Waals surface area contributed by atoms with Crippen molar-refractivity contribution in [3.05, 3.63) is 77.4 Å². The molecular weight excluding hydrogens is 757 g/mol. The minimum absolute atomic E-state index is 0.0543. The molecule has 7 rings (SSSR count). The molecule has 1 spiro atoms. The van der Waals surface area contributed by atoms with Crippen molar-refractivity contribution in [2.75, 3.05) is 95.5 Å². The molecule has 4 heterocycles. The van der Waals surface area contributed by atoms with Gasteiger partial charge in [0.15, 0.2) is 12.4 Å². The van der Waals surface area contributed by atoms with Gasteiger partial charge < -0.3 is 49.8 Å². The number of aromatic hydroxyl groups is 1. The number of rotatable bonds is 19. The fraction of sp³-hybridized carbons (Fsp3) is 0.523. The lowest BCUT2D eigenvalue weighted by Gasteiger charge is -2.47. The van der Waals surface area contributed by atoms with Crippen LogP contribution in [0, 0.1) is 0 Å². The van der Waals surface area contributed by atoms with E-state index in [1.54, 1.807) is 17.6 Å². The molecule has 1 aromatic heterocycles. The number of morpholine rings is 1. The minimum atomic E-state index is -0.929. The number of aliphatic hydroxyl groups is 1. The molecule has 3 aliphatic rings. The van der Waals surface area contributed by atoms with Crippen LogP contribution in [0.25, 0.3) is 10.1 Å². The van der Waals surface area contributed by atoms with Crippen molar-refractivity contribution in [2.45, 2.75) is 63.6 Å². The first-order valence-corrected chi connectivity index (χ1v) is 21.6. The summed E-state index contributed by atoms with van der Waals surface area (Å²) in [4.78, 5) is 31.8. The predicted octanol–water partition coefficient (Wildman–Crippen LogP) is 5.15. The number of likely N-dealkylation sites (tertiary alicyclic amines) is 1. The quantitative estimate of drug-likeness (QED) is 0.0737. The fourth-order valence-corrected chi connectivity index (χ4v) is 8.96. The monoisotopic (exact) mass is 814 g/mol. The number of anilines is 2. The summed E-state index contributed by atoms with van der Waals surface area (Å²) in [6.45, 7) is 10.4.